The smallest absolute Gasteiger partial charge is 0.319 e. The highest BCUT2D eigenvalue weighted by atomic mass is 16.5. The third-order valence-electron chi connectivity index (χ3n) is 5.06. The van der Waals surface area contributed by atoms with E-state index >= 15 is 0 Å². The summed E-state index contributed by atoms with van der Waals surface area (Å²) in [5.41, 5.74) is 4.16. The minimum Gasteiger partial charge on any atom is -0.378 e. The predicted molar refractivity (Wildman–Crippen MR) is 118 cm³/mol. The minimum absolute atomic E-state index is 0.196. The molecule has 2 unspecified atom stereocenters. The number of hydrogen-bond acceptors (Lipinski definition) is 4. The predicted octanol–water partition coefficient (Wildman–Crippen LogP) is 3.68. The van der Waals surface area contributed by atoms with Gasteiger partial charge in [-0.2, -0.15) is 0 Å². The molecule has 0 spiro atoms. The van der Waals surface area contributed by atoms with E-state index in [2.05, 4.69) is 52.5 Å². The molecule has 2 amide bonds. The molecular weight excluding hydrogens is 364 g/mol. The number of carbonyl (C=O) groups excluding carboxylic acids is 1. The Balaban J connectivity index is 1.56. The summed E-state index contributed by atoms with van der Waals surface area (Å²) in [4.78, 5) is 16.9. The zero-order valence-corrected chi connectivity index (χ0v) is 17.8. The number of benzene rings is 2. The van der Waals surface area contributed by atoms with Crippen LogP contribution < -0.4 is 15.5 Å². The van der Waals surface area contributed by atoms with Gasteiger partial charge < -0.3 is 20.3 Å². The summed E-state index contributed by atoms with van der Waals surface area (Å²) >= 11 is 0. The molecule has 0 radical (unpaired) electrons. The van der Waals surface area contributed by atoms with Crippen molar-refractivity contribution >= 4 is 17.4 Å². The van der Waals surface area contributed by atoms with Gasteiger partial charge >= 0.3 is 6.03 Å². The second-order valence-electron chi connectivity index (χ2n) is 7.98. The quantitative estimate of drug-likeness (QED) is 0.782. The summed E-state index contributed by atoms with van der Waals surface area (Å²) in [6, 6.07) is 16.0. The Hall–Kier alpha value is -2.57. The number of para-hydroxylation sites is 1. The third-order valence-corrected chi connectivity index (χ3v) is 5.06. The van der Waals surface area contributed by atoms with Gasteiger partial charge in [0.2, 0.25) is 0 Å². The van der Waals surface area contributed by atoms with Crippen molar-refractivity contribution in [3.05, 3.63) is 59.7 Å². The van der Waals surface area contributed by atoms with E-state index in [0.717, 1.165) is 42.1 Å². The van der Waals surface area contributed by atoms with Gasteiger partial charge in [-0.15, -0.1) is 0 Å². The van der Waals surface area contributed by atoms with Crippen LogP contribution in [0.25, 0.3) is 0 Å². The van der Waals surface area contributed by atoms with Crippen LogP contribution in [0.5, 0.6) is 0 Å². The van der Waals surface area contributed by atoms with E-state index in [1.54, 1.807) is 0 Å². The maximum atomic E-state index is 12.4. The molecule has 0 bridgehead atoms. The lowest BCUT2D eigenvalue weighted by molar-refractivity contribution is -0.0704. The number of morpholine rings is 1. The van der Waals surface area contributed by atoms with E-state index in [-0.39, 0.29) is 18.2 Å². The van der Waals surface area contributed by atoms with Crippen LogP contribution in [0.1, 0.15) is 25.0 Å². The molecule has 1 fully saturated rings. The Kier molecular flexibility index (Phi) is 7.12. The molecule has 2 aromatic rings. The van der Waals surface area contributed by atoms with Crippen LogP contribution in [0.3, 0.4) is 0 Å². The molecule has 1 heterocycles. The van der Waals surface area contributed by atoms with Gasteiger partial charge in [-0.1, -0.05) is 30.3 Å². The second kappa shape index (κ2) is 9.76. The van der Waals surface area contributed by atoms with Crippen molar-refractivity contribution in [1.82, 2.24) is 10.2 Å². The van der Waals surface area contributed by atoms with Gasteiger partial charge in [-0.05, 0) is 43.2 Å². The number of nitrogens with one attached hydrogen (secondary N) is 2. The fraction of sp³-hybridized carbons (Fsp3) is 0.435. The lowest BCUT2D eigenvalue weighted by Gasteiger charge is -2.35. The summed E-state index contributed by atoms with van der Waals surface area (Å²) in [5.74, 6) is 0. The van der Waals surface area contributed by atoms with Gasteiger partial charge in [0.05, 0.1) is 12.2 Å². The Bertz CT molecular complexity index is 797. The van der Waals surface area contributed by atoms with Crippen molar-refractivity contribution in [2.45, 2.75) is 39.1 Å². The van der Waals surface area contributed by atoms with E-state index in [0.29, 0.717) is 6.54 Å². The molecule has 1 saturated heterocycles. The molecule has 1 aliphatic heterocycles. The van der Waals surface area contributed by atoms with E-state index in [9.17, 15) is 4.79 Å². The normalized spacial score (nSPS) is 19.6. The van der Waals surface area contributed by atoms with Crippen LogP contribution in [0, 0.1) is 0 Å². The number of rotatable bonds is 6. The first kappa shape index (κ1) is 21.1. The number of hydrogen-bond donors (Lipinski definition) is 2. The van der Waals surface area contributed by atoms with Crippen molar-refractivity contribution < 1.29 is 9.53 Å². The first-order valence-corrected chi connectivity index (χ1v) is 10.2. The lowest BCUT2D eigenvalue weighted by Crippen LogP contribution is -2.44. The fourth-order valence-corrected chi connectivity index (χ4v) is 3.70. The molecule has 6 nitrogen and oxygen atoms in total. The summed E-state index contributed by atoms with van der Waals surface area (Å²) in [6.07, 6.45) is 0.446. The molecule has 29 heavy (non-hydrogen) atoms. The standard InChI is InChI=1S/C23H32N4O2/c1-17-14-27(15-18(2)29-17)16-20-7-5-6-8-22(20)25-23(28)24-13-19-9-11-21(12-10-19)26(3)4/h5-12,17-18H,13-16H2,1-4H3,(H2,24,25,28). The third kappa shape index (κ3) is 6.21. The summed E-state index contributed by atoms with van der Waals surface area (Å²) in [6.45, 7) is 7.28. The number of amides is 2. The molecule has 1 aliphatic rings. The van der Waals surface area contributed by atoms with E-state index in [1.165, 1.54) is 0 Å². The van der Waals surface area contributed by atoms with Gasteiger partial charge in [0.1, 0.15) is 0 Å². The average molecular weight is 397 g/mol. The molecule has 2 N–H and O–H groups in total. The minimum atomic E-state index is -0.196. The number of anilines is 2. The Labute approximate surface area is 173 Å². The molecule has 0 aromatic heterocycles. The maximum Gasteiger partial charge on any atom is 0.319 e. The summed E-state index contributed by atoms with van der Waals surface area (Å²) < 4.78 is 5.82. The van der Waals surface area contributed by atoms with E-state index < -0.39 is 0 Å². The van der Waals surface area contributed by atoms with Crippen LogP contribution in [0.2, 0.25) is 0 Å². The average Bonchev–Trinajstić information content (AvgIpc) is 2.67. The highest BCUT2D eigenvalue weighted by molar-refractivity contribution is 5.90. The molecule has 2 aromatic carbocycles. The molecule has 0 saturated carbocycles. The van der Waals surface area contributed by atoms with Crippen molar-refractivity contribution in [3.8, 4) is 0 Å². The number of nitrogens with zero attached hydrogens (tertiary/aromatic N) is 2. The molecule has 6 heteroatoms. The van der Waals surface area contributed by atoms with Crippen LogP contribution >= 0.6 is 0 Å². The second-order valence-corrected chi connectivity index (χ2v) is 7.98. The molecule has 0 aliphatic carbocycles. The first-order valence-electron chi connectivity index (χ1n) is 10.2. The van der Waals surface area contributed by atoms with E-state index in [1.807, 2.05) is 44.4 Å². The van der Waals surface area contributed by atoms with Crippen molar-refractivity contribution in [2.75, 3.05) is 37.4 Å². The first-order chi connectivity index (χ1) is 13.9. The zero-order chi connectivity index (χ0) is 20.8. The van der Waals surface area contributed by atoms with Gasteiger partial charge in [-0.3, -0.25) is 4.90 Å². The highest BCUT2D eigenvalue weighted by Gasteiger charge is 2.22. The van der Waals surface area contributed by atoms with Gasteiger partial charge in [0.15, 0.2) is 0 Å². The topological polar surface area (TPSA) is 56.8 Å². The number of urea groups is 1. The van der Waals surface area contributed by atoms with Crippen molar-refractivity contribution in [2.24, 2.45) is 0 Å². The molecule has 3 rings (SSSR count). The van der Waals surface area contributed by atoms with E-state index in [4.69, 9.17) is 4.74 Å². The lowest BCUT2D eigenvalue weighted by atomic mass is 10.1. The highest BCUT2D eigenvalue weighted by Crippen LogP contribution is 2.20. The molecular formula is C23H32N4O2. The zero-order valence-electron chi connectivity index (χ0n) is 17.8. The van der Waals surface area contributed by atoms with Gasteiger partial charge in [0.25, 0.3) is 0 Å². The monoisotopic (exact) mass is 396 g/mol. The van der Waals surface area contributed by atoms with Gasteiger partial charge in [0, 0.05) is 51.6 Å². The molecule has 156 valence electrons. The van der Waals surface area contributed by atoms with Crippen LogP contribution in [0.4, 0.5) is 16.2 Å². The van der Waals surface area contributed by atoms with Gasteiger partial charge in [-0.25, -0.2) is 4.79 Å². The largest absolute Gasteiger partial charge is 0.378 e. The van der Waals surface area contributed by atoms with Crippen molar-refractivity contribution in [3.63, 3.8) is 0 Å². The SMILES string of the molecule is CC1CN(Cc2ccccc2NC(=O)NCc2ccc(N(C)C)cc2)CC(C)O1. The Morgan fingerprint density at radius 1 is 1.07 bits per heavy atom. The fourth-order valence-electron chi connectivity index (χ4n) is 3.70. The number of ether oxygens (including phenoxy) is 1. The number of carbonyl (C=O) groups is 1. The van der Waals surface area contributed by atoms with Crippen molar-refractivity contribution in [1.29, 1.82) is 0 Å². The Morgan fingerprint density at radius 3 is 2.38 bits per heavy atom. The van der Waals surface area contributed by atoms with Crippen LogP contribution in [-0.4, -0.2) is 50.3 Å². The Morgan fingerprint density at radius 2 is 1.72 bits per heavy atom. The van der Waals surface area contributed by atoms with Crippen LogP contribution in [0.15, 0.2) is 48.5 Å². The summed E-state index contributed by atoms with van der Waals surface area (Å²) in [5, 5.41) is 5.95. The maximum absolute atomic E-state index is 12.4. The molecule has 2 atom stereocenters. The van der Waals surface area contributed by atoms with Crippen LogP contribution in [-0.2, 0) is 17.8 Å². The summed E-state index contributed by atoms with van der Waals surface area (Å²) in [7, 11) is 4.02.